The van der Waals surface area contributed by atoms with Gasteiger partial charge in [0.25, 0.3) is 5.91 Å². The van der Waals surface area contributed by atoms with Crippen LogP contribution in [0.4, 0.5) is 5.13 Å². The van der Waals surface area contributed by atoms with Crippen molar-refractivity contribution in [3.05, 3.63) is 35.5 Å². The first-order valence-corrected chi connectivity index (χ1v) is 9.19. The van der Waals surface area contributed by atoms with Crippen molar-refractivity contribution in [1.82, 2.24) is 20.0 Å². The average molecular weight is 369 g/mol. The zero-order valence-corrected chi connectivity index (χ0v) is 14.5. The summed E-state index contributed by atoms with van der Waals surface area (Å²) in [6.45, 7) is 1.06. The lowest BCUT2D eigenvalue weighted by Crippen LogP contribution is -2.12. The van der Waals surface area contributed by atoms with Crippen molar-refractivity contribution < 1.29 is 14.3 Å². The van der Waals surface area contributed by atoms with Crippen molar-refractivity contribution in [3.8, 4) is 22.8 Å². The summed E-state index contributed by atoms with van der Waals surface area (Å²) in [7, 11) is 0. The quantitative estimate of drug-likeness (QED) is 0.744. The van der Waals surface area contributed by atoms with Gasteiger partial charge in [-0.1, -0.05) is 5.21 Å². The number of aromatic nitrogens is 4. The first-order valence-electron chi connectivity index (χ1n) is 8.31. The van der Waals surface area contributed by atoms with E-state index in [1.54, 1.807) is 10.9 Å². The Hall–Kier alpha value is -2.94. The molecule has 3 aromatic rings. The second-order valence-electron chi connectivity index (χ2n) is 6.33. The van der Waals surface area contributed by atoms with Gasteiger partial charge in [-0.2, -0.15) is 0 Å². The van der Waals surface area contributed by atoms with Gasteiger partial charge in [0.15, 0.2) is 22.3 Å². The number of fused-ring (bicyclic) bond motifs is 1. The summed E-state index contributed by atoms with van der Waals surface area (Å²) < 4.78 is 12.4. The first kappa shape index (κ1) is 15.3. The molecule has 8 nitrogen and oxygen atoms in total. The summed E-state index contributed by atoms with van der Waals surface area (Å²) in [5, 5.41) is 13.1. The maximum atomic E-state index is 12.3. The Labute approximate surface area is 152 Å². The molecule has 0 radical (unpaired) electrons. The lowest BCUT2D eigenvalue weighted by atomic mass is 10.1. The lowest BCUT2D eigenvalue weighted by molar-refractivity contribution is 0.102. The largest absolute Gasteiger partial charge is 0.454 e. The number of hydrogen-bond acceptors (Lipinski definition) is 7. The Kier molecular flexibility index (Phi) is 3.59. The molecule has 132 valence electrons. The molecular weight excluding hydrogens is 354 g/mol. The molecule has 0 saturated heterocycles. The fourth-order valence-corrected chi connectivity index (χ4v) is 3.45. The van der Waals surface area contributed by atoms with Gasteiger partial charge in [-0.05, 0) is 37.0 Å². The number of benzene rings is 1. The minimum atomic E-state index is -0.307. The summed E-state index contributed by atoms with van der Waals surface area (Å²) in [6, 6.07) is 5.65. The van der Waals surface area contributed by atoms with Crippen LogP contribution in [-0.4, -0.2) is 32.7 Å². The molecule has 0 spiro atoms. The monoisotopic (exact) mass is 369 g/mol. The third kappa shape index (κ3) is 3.01. The van der Waals surface area contributed by atoms with E-state index in [2.05, 4.69) is 20.6 Å². The Balaban J connectivity index is 1.29. The van der Waals surface area contributed by atoms with Gasteiger partial charge >= 0.3 is 0 Å². The number of carbonyl (C=O) groups excluding carboxylic acids is 1. The van der Waals surface area contributed by atoms with Gasteiger partial charge < -0.3 is 9.47 Å². The maximum Gasteiger partial charge on any atom is 0.279 e. The number of hydrogen-bond donors (Lipinski definition) is 1. The number of nitrogens with zero attached hydrogens (tertiary/aromatic N) is 4. The van der Waals surface area contributed by atoms with Crippen molar-refractivity contribution in [2.45, 2.75) is 19.4 Å². The normalized spacial score (nSPS) is 15.2. The molecule has 1 amide bonds. The van der Waals surface area contributed by atoms with Crippen LogP contribution in [0.2, 0.25) is 0 Å². The van der Waals surface area contributed by atoms with E-state index in [-0.39, 0.29) is 12.7 Å². The van der Waals surface area contributed by atoms with E-state index in [9.17, 15) is 4.79 Å². The molecule has 1 fully saturated rings. The molecular formula is C17H15N5O3S. The maximum absolute atomic E-state index is 12.3. The molecule has 1 aliphatic heterocycles. The van der Waals surface area contributed by atoms with E-state index >= 15 is 0 Å². The fourth-order valence-electron chi connectivity index (χ4n) is 2.74. The SMILES string of the molecule is O=C(Nc1nc(-c2ccc3c(c2)OCO3)cs1)c1cn(CC2CC2)nn1. The number of rotatable bonds is 5. The van der Waals surface area contributed by atoms with Crippen molar-refractivity contribution >= 4 is 22.4 Å². The van der Waals surface area contributed by atoms with Crippen LogP contribution in [0.15, 0.2) is 29.8 Å². The summed E-state index contributed by atoms with van der Waals surface area (Å²) >= 11 is 1.36. The number of carbonyl (C=O) groups is 1. The fraction of sp³-hybridized carbons (Fsp3) is 0.294. The molecule has 1 N–H and O–H groups in total. The van der Waals surface area contributed by atoms with Crippen LogP contribution < -0.4 is 14.8 Å². The Morgan fingerprint density at radius 3 is 3.08 bits per heavy atom. The van der Waals surface area contributed by atoms with Crippen molar-refractivity contribution in [1.29, 1.82) is 0 Å². The molecule has 2 aliphatic rings. The van der Waals surface area contributed by atoms with Crippen LogP contribution >= 0.6 is 11.3 Å². The van der Waals surface area contributed by atoms with Crippen LogP contribution in [0.3, 0.4) is 0 Å². The summed E-state index contributed by atoms with van der Waals surface area (Å²) in [6.07, 6.45) is 4.13. The van der Waals surface area contributed by atoms with Gasteiger partial charge in [-0.15, -0.1) is 16.4 Å². The molecule has 0 unspecified atom stereocenters. The van der Waals surface area contributed by atoms with Crippen LogP contribution in [0.25, 0.3) is 11.3 Å². The van der Waals surface area contributed by atoms with Gasteiger partial charge in [0.1, 0.15) is 0 Å². The molecule has 9 heteroatoms. The highest BCUT2D eigenvalue weighted by molar-refractivity contribution is 7.14. The Morgan fingerprint density at radius 1 is 1.31 bits per heavy atom. The van der Waals surface area contributed by atoms with E-state index in [1.165, 1.54) is 24.2 Å². The zero-order chi connectivity index (χ0) is 17.5. The van der Waals surface area contributed by atoms with E-state index in [4.69, 9.17) is 9.47 Å². The minimum Gasteiger partial charge on any atom is -0.454 e. The van der Waals surface area contributed by atoms with Gasteiger partial charge in [-0.3, -0.25) is 14.8 Å². The summed E-state index contributed by atoms with van der Waals surface area (Å²) in [5.41, 5.74) is 1.97. The van der Waals surface area contributed by atoms with Crippen LogP contribution in [0, 0.1) is 5.92 Å². The molecule has 1 aliphatic carbocycles. The second kappa shape index (κ2) is 6.10. The topological polar surface area (TPSA) is 91.2 Å². The Morgan fingerprint density at radius 2 is 2.19 bits per heavy atom. The highest BCUT2D eigenvalue weighted by atomic mass is 32.1. The average Bonchev–Trinajstić information content (AvgIpc) is 3.07. The number of nitrogens with one attached hydrogen (secondary N) is 1. The molecule has 2 aromatic heterocycles. The van der Waals surface area contributed by atoms with Gasteiger partial charge in [0.05, 0.1) is 11.9 Å². The predicted molar refractivity (Wildman–Crippen MR) is 94.4 cm³/mol. The zero-order valence-electron chi connectivity index (χ0n) is 13.7. The highest BCUT2D eigenvalue weighted by Gasteiger charge is 2.23. The number of ether oxygens (including phenoxy) is 2. The van der Waals surface area contributed by atoms with Crippen LogP contribution in [0.5, 0.6) is 11.5 Å². The van der Waals surface area contributed by atoms with Gasteiger partial charge in [0.2, 0.25) is 6.79 Å². The van der Waals surface area contributed by atoms with Crippen LogP contribution in [-0.2, 0) is 6.54 Å². The van der Waals surface area contributed by atoms with E-state index in [0.29, 0.717) is 22.5 Å². The number of amides is 1. The van der Waals surface area contributed by atoms with E-state index in [0.717, 1.165) is 23.6 Å². The third-order valence-corrected chi connectivity index (χ3v) is 5.06. The molecule has 5 rings (SSSR count). The standard InChI is InChI=1S/C17H15N5O3S/c23-16(12-7-22(21-20-12)6-10-1-2-10)19-17-18-13(8-26-17)11-3-4-14-15(5-11)25-9-24-14/h3-5,7-8,10H,1-2,6,9H2,(H,18,19,23). The molecule has 3 heterocycles. The summed E-state index contributed by atoms with van der Waals surface area (Å²) in [5.74, 6) is 1.80. The van der Waals surface area contributed by atoms with Crippen molar-refractivity contribution in [3.63, 3.8) is 0 Å². The third-order valence-electron chi connectivity index (χ3n) is 4.31. The van der Waals surface area contributed by atoms with Gasteiger partial charge in [0, 0.05) is 17.5 Å². The van der Waals surface area contributed by atoms with E-state index in [1.807, 2.05) is 23.6 Å². The van der Waals surface area contributed by atoms with Crippen LogP contribution in [0.1, 0.15) is 23.3 Å². The second-order valence-corrected chi connectivity index (χ2v) is 7.19. The number of thiazole rings is 1. The van der Waals surface area contributed by atoms with Crippen molar-refractivity contribution in [2.75, 3.05) is 12.1 Å². The lowest BCUT2D eigenvalue weighted by Gasteiger charge is -2.00. The predicted octanol–water partition coefficient (Wildman–Crippen LogP) is 2.79. The smallest absolute Gasteiger partial charge is 0.279 e. The molecule has 0 atom stereocenters. The minimum absolute atomic E-state index is 0.235. The summed E-state index contributed by atoms with van der Waals surface area (Å²) in [4.78, 5) is 16.8. The molecule has 26 heavy (non-hydrogen) atoms. The Bertz CT molecular complexity index is 978. The number of anilines is 1. The molecule has 0 bridgehead atoms. The molecule has 1 aromatic carbocycles. The highest BCUT2D eigenvalue weighted by Crippen LogP contribution is 2.36. The van der Waals surface area contributed by atoms with Crippen molar-refractivity contribution in [2.24, 2.45) is 5.92 Å². The molecule has 1 saturated carbocycles. The first-order chi connectivity index (χ1) is 12.7. The van der Waals surface area contributed by atoms with Gasteiger partial charge in [-0.25, -0.2) is 4.98 Å². The van der Waals surface area contributed by atoms with E-state index < -0.39 is 0 Å².